The van der Waals surface area contributed by atoms with Gasteiger partial charge in [0.15, 0.2) is 0 Å². The molecular formula is C19H32N2. The second kappa shape index (κ2) is 7.95. The topological polar surface area (TPSA) is 15.3 Å². The zero-order valence-electron chi connectivity index (χ0n) is 14.2. The molecule has 1 aromatic rings. The number of likely N-dealkylation sites (N-methyl/N-ethyl adjacent to an activating group) is 1. The average molecular weight is 288 g/mol. The Kier molecular flexibility index (Phi) is 6.25. The Balaban J connectivity index is 2.25. The van der Waals surface area contributed by atoms with Crippen LogP contribution in [-0.4, -0.2) is 30.1 Å². The van der Waals surface area contributed by atoms with E-state index in [9.17, 15) is 0 Å². The zero-order chi connectivity index (χ0) is 15.2. The van der Waals surface area contributed by atoms with Gasteiger partial charge < -0.3 is 5.32 Å². The first-order valence-electron chi connectivity index (χ1n) is 8.73. The lowest BCUT2D eigenvalue weighted by Crippen LogP contribution is -2.49. The van der Waals surface area contributed by atoms with Gasteiger partial charge in [0.25, 0.3) is 0 Å². The summed E-state index contributed by atoms with van der Waals surface area (Å²) in [7, 11) is 0. The molecule has 0 heterocycles. The smallest absolute Gasteiger partial charge is 0.0480 e. The predicted molar refractivity (Wildman–Crippen MR) is 91.5 cm³/mol. The highest BCUT2D eigenvalue weighted by molar-refractivity contribution is 5.21. The minimum absolute atomic E-state index is 0.437. The molecule has 21 heavy (non-hydrogen) atoms. The van der Waals surface area contributed by atoms with Crippen molar-refractivity contribution in [2.75, 3.05) is 13.1 Å². The molecule has 0 amide bonds. The van der Waals surface area contributed by atoms with Crippen LogP contribution >= 0.6 is 0 Å². The highest BCUT2D eigenvalue weighted by atomic mass is 15.2. The molecule has 0 radical (unpaired) electrons. The number of nitrogens with zero attached hydrogens (tertiary/aromatic N) is 1. The van der Waals surface area contributed by atoms with Crippen LogP contribution in [0.3, 0.4) is 0 Å². The summed E-state index contributed by atoms with van der Waals surface area (Å²) in [6.45, 7) is 11.6. The van der Waals surface area contributed by atoms with Gasteiger partial charge >= 0.3 is 0 Å². The SMILES string of the molecule is CCCNC(c1ccccc1)C(C(C)C)N(CC)C1CC1. The molecule has 1 saturated carbocycles. The molecule has 2 heteroatoms. The van der Waals surface area contributed by atoms with Crippen LogP contribution in [0.15, 0.2) is 30.3 Å². The highest BCUT2D eigenvalue weighted by Gasteiger charge is 2.38. The molecule has 0 bridgehead atoms. The van der Waals surface area contributed by atoms with Crippen LogP contribution in [0.2, 0.25) is 0 Å². The lowest BCUT2D eigenvalue weighted by atomic mass is 9.89. The first-order valence-corrected chi connectivity index (χ1v) is 8.73. The molecule has 2 unspecified atom stereocenters. The lowest BCUT2D eigenvalue weighted by molar-refractivity contribution is 0.114. The van der Waals surface area contributed by atoms with Crippen molar-refractivity contribution in [1.82, 2.24) is 10.2 Å². The van der Waals surface area contributed by atoms with Crippen LogP contribution < -0.4 is 5.32 Å². The summed E-state index contributed by atoms with van der Waals surface area (Å²) in [5, 5.41) is 3.82. The maximum atomic E-state index is 3.82. The van der Waals surface area contributed by atoms with Crippen molar-refractivity contribution in [1.29, 1.82) is 0 Å². The van der Waals surface area contributed by atoms with E-state index in [4.69, 9.17) is 0 Å². The third-order valence-electron chi connectivity index (χ3n) is 4.56. The molecule has 118 valence electrons. The molecule has 1 aliphatic carbocycles. The van der Waals surface area contributed by atoms with Crippen LogP contribution in [0.4, 0.5) is 0 Å². The van der Waals surface area contributed by atoms with E-state index >= 15 is 0 Å². The minimum Gasteiger partial charge on any atom is -0.309 e. The van der Waals surface area contributed by atoms with Crippen molar-refractivity contribution < 1.29 is 0 Å². The fourth-order valence-electron chi connectivity index (χ4n) is 3.47. The third kappa shape index (κ3) is 4.31. The molecule has 1 aliphatic rings. The Labute approximate surface area is 130 Å². The maximum Gasteiger partial charge on any atom is 0.0480 e. The van der Waals surface area contributed by atoms with E-state index in [1.165, 1.54) is 24.8 Å². The van der Waals surface area contributed by atoms with Gasteiger partial charge in [-0.3, -0.25) is 4.90 Å². The van der Waals surface area contributed by atoms with Gasteiger partial charge in [0.2, 0.25) is 0 Å². The number of hydrogen-bond acceptors (Lipinski definition) is 2. The van der Waals surface area contributed by atoms with Gasteiger partial charge in [-0.25, -0.2) is 0 Å². The van der Waals surface area contributed by atoms with E-state index in [1.807, 2.05) is 0 Å². The van der Waals surface area contributed by atoms with E-state index in [-0.39, 0.29) is 0 Å². The second-order valence-corrected chi connectivity index (χ2v) is 6.64. The summed E-state index contributed by atoms with van der Waals surface area (Å²) in [6, 6.07) is 12.8. The fourth-order valence-corrected chi connectivity index (χ4v) is 3.47. The Morgan fingerprint density at radius 1 is 1.14 bits per heavy atom. The van der Waals surface area contributed by atoms with Crippen molar-refractivity contribution in [3.8, 4) is 0 Å². The van der Waals surface area contributed by atoms with Gasteiger partial charge in [-0.05, 0) is 43.8 Å². The van der Waals surface area contributed by atoms with Gasteiger partial charge in [0.1, 0.15) is 0 Å². The van der Waals surface area contributed by atoms with Crippen LogP contribution in [0.5, 0.6) is 0 Å². The molecule has 0 aliphatic heterocycles. The Hall–Kier alpha value is -0.860. The molecule has 2 nitrogen and oxygen atoms in total. The van der Waals surface area contributed by atoms with Crippen molar-refractivity contribution in [2.24, 2.45) is 5.92 Å². The minimum atomic E-state index is 0.437. The summed E-state index contributed by atoms with van der Waals surface area (Å²) in [4.78, 5) is 2.74. The Morgan fingerprint density at radius 2 is 1.81 bits per heavy atom. The fraction of sp³-hybridized carbons (Fsp3) is 0.684. The first-order chi connectivity index (χ1) is 10.2. The van der Waals surface area contributed by atoms with Gasteiger partial charge in [-0.1, -0.05) is 58.0 Å². The lowest BCUT2D eigenvalue weighted by Gasteiger charge is -2.40. The van der Waals surface area contributed by atoms with Crippen LogP contribution in [0, 0.1) is 5.92 Å². The van der Waals surface area contributed by atoms with E-state index in [1.54, 1.807) is 0 Å². The Bertz CT molecular complexity index is 397. The molecule has 1 N–H and O–H groups in total. The van der Waals surface area contributed by atoms with Crippen molar-refractivity contribution in [2.45, 2.75) is 65.1 Å². The maximum absolute atomic E-state index is 3.82. The van der Waals surface area contributed by atoms with Crippen LogP contribution in [0.1, 0.15) is 58.6 Å². The number of rotatable bonds is 9. The number of nitrogens with one attached hydrogen (secondary N) is 1. The zero-order valence-corrected chi connectivity index (χ0v) is 14.2. The van der Waals surface area contributed by atoms with Crippen molar-refractivity contribution in [3.05, 3.63) is 35.9 Å². The standard InChI is InChI=1S/C19H32N2/c1-5-14-20-18(16-10-8-7-9-11-16)19(15(3)4)21(6-2)17-12-13-17/h7-11,15,17-20H,5-6,12-14H2,1-4H3. The summed E-state index contributed by atoms with van der Waals surface area (Å²) in [5.74, 6) is 0.653. The molecule has 0 spiro atoms. The molecule has 2 atom stereocenters. The Morgan fingerprint density at radius 3 is 2.29 bits per heavy atom. The van der Waals surface area contributed by atoms with Gasteiger partial charge in [0, 0.05) is 18.1 Å². The van der Waals surface area contributed by atoms with E-state index in [0.717, 1.165) is 19.1 Å². The largest absolute Gasteiger partial charge is 0.309 e. The van der Waals surface area contributed by atoms with Crippen LogP contribution in [0.25, 0.3) is 0 Å². The summed E-state index contributed by atoms with van der Waals surface area (Å²) in [6.07, 6.45) is 3.95. The highest BCUT2D eigenvalue weighted by Crippen LogP contribution is 2.35. The summed E-state index contributed by atoms with van der Waals surface area (Å²) < 4.78 is 0. The van der Waals surface area contributed by atoms with E-state index in [2.05, 4.69) is 68.2 Å². The number of hydrogen-bond donors (Lipinski definition) is 1. The molecule has 1 fully saturated rings. The summed E-state index contributed by atoms with van der Waals surface area (Å²) in [5.41, 5.74) is 1.43. The van der Waals surface area contributed by atoms with E-state index < -0.39 is 0 Å². The van der Waals surface area contributed by atoms with Crippen molar-refractivity contribution >= 4 is 0 Å². The molecule has 0 saturated heterocycles. The monoisotopic (exact) mass is 288 g/mol. The average Bonchev–Trinajstić information content (AvgIpc) is 3.32. The van der Waals surface area contributed by atoms with Gasteiger partial charge in [0.05, 0.1) is 0 Å². The van der Waals surface area contributed by atoms with Gasteiger partial charge in [-0.2, -0.15) is 0 Å². The van der Waals surface area contributed by atoms with Gasteiger partial charge in [-0.15, -0.1) is 0 Å². The van der Waals surface area contributed by atoms with E-state index in [0.29, 0.717) is 18.0 Å². The molecule has 1 aromatic carbocycles. The quantitative estimate of drug-likeness (QED) is 0.731. The second-order valence-electron chi connectivity index (χ2n) is 6.64. The molecule has 0 aromatic heterocycles. The van der Waals surface area contributed by atoms with Crippen LogP contribution in [-0.2, 0) is 0 Å². The predicted octanol–water partition coefficient (Wildman–Crippen LogP) is 4.24. The molecule has 2 rings (SSSR count). The normalized spacial score (nSPS) is 18.2. The molecular weight excluding hydrogens is 256 g/mol. The van der Waals surface area contributed by atoms with Crippen molar-refractivity contribution in [3.63, 3.8) is 0 Å². The third-order valence-corrected chi connectivity index (χ3v) is 4.56. The summed E-state index contributed by atoms with van der Waals surface area (Å²) >= 11 is 0. The number of benzene rings is 1. The first kappa shape index (κ1) is 16.5.